The van der Waals surface area contributed by atoms with Crippen LogP contribution in [0.5, 0.6) is 0 Å². The molecule has 1 aromatic carbocycles. The van der Waals surface area contributed by atoms with Gasteiger partial charge in [-0.15, -0.1) is 0 Å². The van der Waals surface area contributed by atoms with Crippen molar-refractivity contribution in [2.45, 2.75) is 31.2 Å². The molecule has 0 unspecified atom stereocenters. The lowest BCUT2D eigenvalue weighted by atomic mass is 10.2. The largest absolute Gasteiger partial charge is 0.348 e. The zero-order valence-electron chi connectivity index (χ0n) is 10.7. The summed E-state index contributed by atoms with van der Waals surface area (Å²) in [4.78, 5) is 11.2. The van der Waals surface area contributed by atoms with Gasteiger partial charge >= 0.3 is 0 Å². The Morgan fingerprint density at radius 2 is 1.95 bits per heavy atom. The third kappa shape index (κ3) is 5.67. The van der Waals surface area contributed by atoms with Crippen LogP contribution in [0.4, 0.5) is 0 Å². The molecule has 0 atom stereocenters. The van der Waals surface area contributed by atoms with Crippen molar-refractivity contribution in [1.29, 1.82) is 0 Å². The number of amides is 1. The molecule has 0 aliphatic heterocycles. The minimum Gasteiger partial charge on any atom is -0.348 e. The summed E-state index contributed by atoms with van der Waals surface area (Å²) in [6.45, 7) is 2.33. The van der Waals surface area contributed by atoms with E-state index in [2.05, 4.69) is 5.32 Å². The van der Waals surface area contributed by atoms with Crippen LogP contribution in [0, 0.1) is 0 Å². The molecular weight excluding hydrogens is 266 g/mol. The molecule has 0 bridgehead atoms. The van der Waals surface area contributed by atoms with Gasteiger partial charge in [0.1, 0.15) is 0 Å². The SMILES string of the molecule is CCCC=CC(=O)NCc1ccc(S(=O)(=O)O)cc1. The van der Waals surface area contributed by atoms with E-state index in [-0.39, 0.29) is 10.8 Å². The van der Waals surface area contributed by atoms with Gasteiger partial charge in [-0.3, -0.25) is 9.35 Å². The van der Waals surface area contributed by atoms with Gasteiger partial charge in [0.15, 0.2) is 0 Å². The second-order valence-corrected chi connectivity index (χ2v) is 5.45. The standard InChI is InChI=1S/C13H17NO4S/c1-2-3-4-5-13(15)14-10-11-6-8-12(9-7-11)19(16,17)18/h4-9H,2-3,10H2,1H3,(H,14,15)(H,16,17,18). The van der Waals surface area contributed by atoms with Crippen molar-refractivity contribution in [3.63, 3.8) is 0 Å². The number of rotatable bonds is 6. The number of allylic oxidation sites excluding steroid dienone is 1. The molecule has 0 heterocycles. The van der Waals surface area contributed by atoms with Crippen LogP contribution in [0.3, 0.4) is 0 Å². The highest BCUT2D eigenvalue weighted by Crippen LogP contribution is 2.09. The molecule has 0 saturated heterocycles. The molecule has 0 aliphatic rings. The van der Waals surface area contributed by atoms with Gasteiger partial charge in [0.25, 0.3) is 10.1 Å². The van der Waals surface area contributed by atoms with Crippen molar-refractivity contribution < 1.29 is 17.8 Å². The lowest BCUT2D eigenvalue weighted by molar-refractivity contribution is -0.116. The summed E-state index contributed by atoms with van der Waals surface area (Å²) in [5.41, 5.74) is 0.754. The van der Waals surface area contributed by atoms with Crippen LogP contribution in [-0.4, -0.2) is 18.9 Å². The number of unbranched alkanes of at least 4 members (excludes halogenated alkanes) is 1. The fourth-order valence-electron chi connectivity index (χ4n) is 1.38. The molecule has 1 aromatic rings. The van der Waals surface area contributed by atoms with Crippen LogP contribution >= 0.6 is 0 Å². The molecule has 0 saturated carbocycles. The second-order valence-electron chi connectivity index (χ2n) is 4.03. The first kappa shape index (κ1) is 15.4. The van der Waals surface area contributed by atoms with E-state index in [4.69, 9.17) is 4.55 Å². The summed E-state index contributed by atoms with van der Waals surface area (Å²) in [5.74, 6) is -0.188. The summed E-state index contributed by atoms with van der Waals surface area (Å²) in [6, 6.07) is 5.67. The molecule has 0 radical (unpaired) electrons. The van der Waals surface area contributed by atoms with Crippen LogP contribution in [0.25, 0.3) is 0 Å². The monoisotopic (exact) mass is 283 g/mol. The molecule has 104 valence electrons. The van der Waals surface area contributed by atoms with Crippen molar-refractivity contribution in [2.24, 2.45) is 0 Å². The number of nitrogens with one attached hydrogen (secondary N) is 1. The van der Waals surface area contributed by atoms with E-state index in [1.807, 2.05) is 6.92 Å². The number of carbonyl (C=O) groups is 1. The molecule has 0 spiro atoms. The average Bonchev–Trinajstić information content (AvgIpc) is 2.36. The summed E-state index contributed by atoms with van der Waals surface area (Å²) >= 11 is 0. The normalized spacial score (nSPS) is 11.7. The Hall–Kier alpha value is -1.66. The summed E-state index contributed by atoms with van der Waals surface area (Å²) in [5, 5.41) is 2.68. The highest BCUT2D eigenvalue weighted by atomic mass is 32.2. The third-order valence-corrected chi connectivity index (χ3v) is 3.28. The maximum atomic E-state index is 11.4. The topological polar surface area (TPSA) is 83.5 Å². The molecule has 1 amide bonds. The van der Waals surface area contributed by atoms with Gasteiger partial charge in [-0.05, 0) is 30.2 Å². The quantitative estimate of drug-likeness (QED) is 0.617. The Morgan fingerprint density at radius 3 is 2.47 bits per heavy atom. The zero-order chi connectivity index (χ0) is 14.3. The van der Waals surface area contributed by atoms with Crippen LogP contribution in [0.15, 0.2) is 41.3 Å². The predicted octanol–water partition coefficient (Wildman–Crippen LogP) is 1.91. The van der Waals surface area contributed by atoms with E-state index < -0.39 is 10.1 Å². The smallest absolute Gasteiger partial charge is 0.294 e. The minimum absolute atomic E-state index is 0.162. The molecule has 0 fully saturated rings. The Kier molecular flexibility index (Phi) is 5.72. The number of benzene rings is 1. The van der Waals surface area contributed by atoms with Crippen molar-refractivity contribution in [3.05, 3.63) is 42.0 Å². The predicted molar refractivity (Wildman–Crippen MR) is 72.2 cm³/mol. The number of hydrogen-bond acceptors (Lipinski definition) is 3. The lowest BCUT2D eigenvalue weighted by Crippen LogP contribution is -2.20. The van der Waals surface area contributed by atoms with Gasteiger partial charge in [-0.1, -0.05) is 31.6 Å². The first-order valence-corrected chi connectivity index (χ1v) is 7.38. The highest BCUT2D eigenvalue weighted by Gasteiger charge is 2.08. The van der Waals surface area contributed by atoms with Crippen LogP contribution in [-0.2, 0) is 21.5 Å². The molecular formula is C13H17NO4S. The number of carbonyl (C=O) groups excluding carboxylic acids is 1. The maximum absolute atomic E-state index is 11.4. The van der Waals surface area contributed by atoms with Crippen LogP contribution in [0.2, 0.25) is 0 Å². The minimum atomic E-state index is -4.16. The fourth-order valence-corrected chi connectivity index (χ4v) is 1.86. The Bertz CT molecular complexity index is 547. The fraction of sp³-hybridized carbons (Fsp3) is 0.308. The molecule has 0 aromatic heterocycles. The molecule has 19 heavy (non-hydrogen) atoms. The molecule has 2 N–H and O–H groups in total. The van der Waals surface area contributed by atoms with Gasteiger partial charge in [0.05, 0.1) is 4.90 Å². The third-order valence-electron chi connectivity index (χ3n) is 2.41. The summed E-state index contributed by atoms with van der Waals surface area (Å²) in [6.07, 6.45) is 5.13. The van der Waals surface area contributed by atoms with E-state index in [1.54, 1.807) is 18.2 Å². The van der Waals surface area contributed by atoms with Crippen molar-refractivity contribution in [3.8, 4) is 0 Å². The van der Waals surface area contributed by atoms with E-state index in [1.165, 1.54) is 18.2 Å². The van der Waals surface area contributed by atoms with Crippen molar-refractivity contribution >= 4 is 16.0 Å². The number of hydrogen-bond donors (Lipinski definition) is 2. The lowest BCUT2D eigenvalue weighted by Gasteiger charge is -2.03. The van der Waals surface area contributed by atoms with E-state index in [9.17, 15) is 13.2 Å². The van der Waals surface area contributed by atoms with Crippen molar-refractivity contribution in [1.82, 2.24) is 5.32 Å². The van der Waals surface area contributed by atoms with E-state index in [0.717, 1.165) is 18.4 Å². The first-order chi connectivity index (χ1) is 8.93. The second kappa shape index (κ2) is 7.06. The van der Waals surface area contributed by atoms with Gasteiger partial charge < -0.3 is 5.32 Å². The van der Waals surface area contributed by atoms with Gasteiger partial charge in [-0.2, -0.15) is 8.42 Å². The molecule has 0 aliphatic carbocycles. The van der Waals surface area contributed by atoms with Crippen LogP contribution < -0.4 is 5.32 Å². The van der Waals surface area contributed by atoms with Gasteiger partial charge in [0.2, 0.25) is 5.91 Å². The van der Waals surface area contributed by atoms with Crippen LogP contribution in [0.1, 0.15) is 25.3 Å². The maximum Gasteiger partial charge on any atom is 0.294 e. The highest BCUT2D eigenvalue weighted by molar-refractivity contribution is 7.85. The Balaban J connectivity index is 2.53. The van der Waals surface area contributed by atoms with E-state index >= 15 is 0 Å². The van der Waals surface area contributed by atoms with Crippen molar-refractivity contribution in [2.75, 3.05) is 0 Å². The van der Waals surface area contributed by atoms with Gasteiger partial charge in [-0.25, -0.2) is 0 Å². The zero-order valence-corrected chi connectivity index (χ0v) is 11.5. The summed E-state index contributed by atoms with van der Waals surface area (Å²) in [7, 11) is -4.16. The molecule has 6 heteroatoms. The van der Waals surface area contributed by atoms with Gasteiger partial charge in [0, 0.05) is 6.54 Å². The first-order valence-electron chi connectivity index (χ1n) is 5.94. The van der Waals surface area contributed by atoms with E-state index in [0.29, 0.717) is 6.54 Å². The average molecular weight is 283 g/mol. The summed E-state index contributed by atoms with van der Waals surface area (Å²) < 4.78 is 30.5. The molecule has 5 nitrogen and oxygen atoms in total. The Morgan fingerprint density at radius 1 is 1.32 bits per heavy atom. The Labute approximate surface area is 113 Å². The molecule has 1 rings (SSSR count).